The Bertz CT molecular complexity index is 514. The average molecular weight is 306 g/mol. The smallest absolute Gasteiger partial charge is 0.315 e. The molecule has 7 heteroatoms. The Hall–Kier alpha value is -1.63. The lowest BCUT2D eigenvalue weighted by Crippen LogP contribution is -2.49. The highest BCUT2D eigenvalue weighted by atomic mass is 16.2. The number of fused-ring (bicyclic) bond motifs is 1. The molecule has 0 aliphatic carbocycles. The molecule has 2 N–H and O–H groups in total. The van der Waals surface area contributed by atoms with Crippen LogP contribution in [0.15, 0.2) is 0 Å². The molecule has 2 aliphatic heterocycles. The summed E-state index contributed by atoms with van der Waals surface area (Å²) in [7, 11) is 2.09. The molecule has 7 nitrogen and oxygen atoms in total. The van der Waals surface area contributed by atoms with Gasteiger partial charge in [-0.1, -0.05) is 6.42 Å². The first kappa shape index (κ1) is 15.3. The molecule has 3 rings (SSSR count). The second kappa shape index (κ2) is 7.09. The van der Waals surface area contributed by atoms with Crippen molar-refractivity contribution in [3.05, 3.63) is 11.6 Å². The Morgan fingerprint density at radius 1 is 1.23 bits per heavy atom. The molecule has 2 aliphatic rings. The van der Waals surface area contributed by atoms with Crippen molar-refractivity contribution >= 4 is 6.03 Å². The SMILES string of the molecule is CN1CCCC(NC(=O)NCc2nnc3n2CCCCC3)C1. The molecular weight excluding hydrogens is 280 g/mol. The molecule has 0 bridgehead atoms. The van der Waals surface area contributed by atoms with Crippen molar-refractivity contribution in [2.45, 2.75) is 57.7 Å². The molecule has 1 aromatic rings. The van der Waals surface area contributed by atoms with E-state index in [1.807, 2.05) is 0 Å². The molecule has 1 saturated heterocycles. The number of urea groups is 1. The number of likely N-dealkylation sites (N-methyl/N-ethyl adjacent to an activating group) is 1. The average Bonchev–Trinajstić information content (AvgIpc) is 2.72. The van der Waals surface area contributed by atoms with Crippen LogP contribution in [0.2, 0.25) is 0 Å². The van der Waals surface area contributed by atoms with Crippen LogP contribution in [0.5, 0.6) is 0 Å². The van der Waals surface area contributed by atoms with Crippen LogP contribution in [0.4, 0.5) is 4.79 Å². The largest absolute Gasteiger partial charge is 0.334 e. The number of carbonyl (C=O) groups is 1. The van der Waals surface area contributed by atoms with Crippen molar-refractivity contribution in [1.29, 1.82) is 0 Å². The number of nitrogens with one attached hydrogen (secondary N) is 2. The van der Waals surface area contributed by atoms with E-state index in [2.05, 4.69) is 37.3 Å². The Kier molecular flexibility index (Phi) is 4.92. The highest BCUT2D eigenvalue weighted by molar-refractivity contribution is 5.74. The monoisotopic (exact) mass is 306 g/mol. The van der Waals surface area contributed by atoms with Gasteiger partial charge in [-0.25, -0.2) is 4.79 Å². The van der Waals surface area contributed by atoms with Gasteiger partial charge in [-0.05, 0) is 39.3 Å². The van der Waals surface area contributed by atoms with E-state index >= 15 is 0 Å². The Labute approximate surface area is 131 Å². The maximum Gasteiger partial charge on any atom is 0.315 e. The summed E-state index contributed by atoms with van der Waals surface area (Å²) in [5.41, 5.74) is 0. The van der Waals surface area contributed by atoms with Gasteiger partial charge in [0.05, 0.1) is 6.54 Å². The molecule has 0 saturated carbocycles. The molecular formula is C15H26N6O. The van der Waals surface area contributed by atoms with Crippen molar-refractivity contribution < 1.29 is 4.79 Å². The van der Waals surface area contributed by atoms with Gasteiger partial charge < -0.3 is 20.1 Å². The van der Waals surface area contributed by atoms with Gasteiger partial charge in [0.1, 0.15) is 5.82 Å². The lowest BCUT2D eigenvalue weighted by atomic mass is 10.1. The molecule has 3 heterocycles. The van der Waals surface area contributed by atoms with Crippen LogP contribution in [0, 0.1) is 0 Å². The molecule has 0 radical (unpaired) electrons. The lowest BCUT2D eigenvalue weighted by Gasteiger charge is -2.30. The third-order valence-corrected chi connectivity index (χ3v) is 4.55. The lowest BCUT2D eigenvalue weighted by molar-refractivity contribution is 0.209. The summed E-state index contributed by atoms with van der Waals surface area (Å²) in [6.07, 6.45) is 6.77. The minimum atomic E-state index is -0.105. The van der Waals surface area contributed by atoms with Crippen molar-refractivity contribution in [2.24, 2.45) is 0 Å². The van der Waals surface area contributed by atoms with Gasteiger partial charge in [0.25, 0.3) is 0 Å². The van der Waals surface area contributed by atoms with Crippen LogP contribution in [-0.4, -0.2) is 51.9 Å². The van der Waals surface area contributed by atoms with Gasteiger partial charge in [-0.15, -0.1) is 10.2 Å². The van der Waals surface area contributed by atoms with Crippen LogP contribution in [0.1, 0.15) is 43.8 Å². The zero-order valence-corrected chi connectivity index (χ0v) is 13.3. The van der Waals surface area contributed by atoms with Crippen molar-refractivity contribution in [2.75, 3.05) is 20.1 Å². The second-order valence-electron chi connectivity index (χ2n) is 6.42. The molecule has 1 atom stereocenters. The predicted molar refractivity (Wildman–Crippen MR) is 83.5 cm³/mol. The number of aromatic nitrogens is 3. The van der Waals surface area contributed by atoms with E-state index in [1.165, 1.54) is 19.3 Å². The fraction of sp³-hybridized carbons (Fsp3) is 0.800. The summed E-state index contributed by atoms with van der Waals surface area (Å²) >= 11 is 0. The maximum atomic E-state index is 12.1. The molecule has 122 valence electrons. The van der Waals surface area contributed by atoms with E-state index in [-0.39, 0.29) is 12.1 Å². The van der Waals surface area contributed by atoms with Crippen LogP contribution < -0.4 is 10.6 Å². The molecule has 22 heavy (non-hydrogen) atoms. The first-order valence-corrected chi connectivity index (χ1v) is 8.36. The third kappa shape index (κ3) is 3.76. The minimum Gasteiger partial charge on any atom is -0.334 e. The highest BCUT2D eigenvalue weighted by Gasteiger charge is 2.19. The quantitative estimate of drug-likeness (QED) is 0.870. The van der Waals surface area contributed by atoms with Gasteiger partial charge in [0.2, 0.25) is 0 Å². The Morgan fingerprint density at radius 3 is 3.00 bits per heavy atom. The van der Waals surface area contributed by atoms with E-state index < -0.39 is 0 Å². The molecule has 1 fully saturated rings. The Balaban J connectivity index is 1.50. The first-order valence-electron chi connectivity index (χ1n) is 8.36. The fourth-order valence-electron chi connectivity index (χ4n) is 3.36. The fourth-order valence-corrected chi connectivity index (χ4v) is 3.36. The number of nitrogens with zero attached hydrogens (tertiary/aromatic N) is 4. The number of hydrogen-bond acceptors (Lipinski definition) is 4. The van der Waals surface area contributed by atoms with E-state index in [9.17, 15) is 4.79 Å². The number of piperidine rings is 1. The van der Waals surface area contributed by atoms with Crippen molar-refractivity contribution in [3.8, 4) is 0 Å². The van der Waals surface area contributed by atoms with Gasteiger partial charge in [-0.2, -0.15) is 0 Å². The zero-order chi connectivity index (χ0) is 15.4. The topological polar surface area (TPSA) is 75.1 Å². The number of carbonyl (C=O) groups excluding carboxylic acids is 1. The van der Waals surface area contributed by atoms with Crippen LogP contribution in [0.25, 0.3) is 0 Å². The van der Waals surface area contributed by atoms with Crippen LogP contribution >= 0.6 is 0 Å². The minimum absolute atomic E-state index is 0.105. The van der Waals surface area contributed by atoms with Crippen molar-refractivity contribution in [3.63, 3.8) is 0 Å². The van der Waals surface area contributed by atoms with E-state index in [0.29, 0.717) is 6.54 Å². The molecule has 1 aromatic heterocycles. The zero-order valence-electron chi connectivity index (χ0n) is 13.3. The molecule has 0 aromatic carbocycles. The normalized spacial score (nSPS) is 22.7. The molecule has 0 spiro atoms. The summed E-state index contributed by atoms with van der Waals surface area (Å²) in [6, 6.07) is 0.139. The summed E-state index contributed by atoms with van der Waals surface area (Å²) in [5.74, 6) is 1.93. The number of rotatable bonds is 3. The summed E-state index contributed by atoms with van der Waals surface area (Å²) in [5, 5.41) is 14.5. The number of amides is 2. The predicted octanol–water partition coefficient (Wildman–Crippen LogP) is 0.898. The van der Waals surface area contributed by atoms with Gasteiger partial charge in [0, 0.05) is 25.6 Å². The summed E-state index contributed by atoms with van der Waals surface area (Å²) in [6.45, 7) is 3.45. The maximum absolute atomic E-state index is 12.1. The van der Waals surface area contributed by atoms with Crippen molar-refractivity contribution in [1.82, 2.24) is 30.3 Å². The summed E-state index contributed by atoms with van der Waals surface area (Å²) < 4.78 is 2.17. The number of aryl methyl sites for hydroxylation is 1. The van der Waals surface area contributed by atoms with E-state index in [4.69, 9.17) is 0 Å². The standard InChI is InChI=1S/C15H26N6O/c1-20-8-5-6-12(11-20)17-15(22)16-10-14-19-18-13-7-3-2-4-9-21(13)14/h12H,2-11H2,1H3,(H2,16,17,22). The van der Waals surface area contributed by atoms with Gasteiger partial charge >= 0.3 is 6.03 Å². The van der Waals surface area contributed by atoms with Gasteiger partial charge in [0.15, 0.2) is 5.82 Å². The molecule has 2 amide bonds. The number of hydrogen-bond donors (Lipinski definition) is 2. The Morgan fingerprint density at radius 2 is 2.14 bits per heavy atom. The van der Waals surface area contributed by atoms with E-state index in [1.54, 1.807) is 0 Å². The van der Waals surface area contributed by atoms with Gasteiger partial charge in [-0.3, -0.25) is 0 Å². The van der Waals surface area contributed by atoms with Crippen LogP contribution in [-0.2, 0) is 19.5 Å². The molecule has 1 unspecified atom stereocenters. The second-order valence-corrected chi connectivity index (χ2v) is 6.42. The van der Waals surface area contributed by atoms with E-state index in [0.717, 1.165) is 50.5 Å². The van der Waals surface area contributed by atoms with Crippen LogP contribution in [0.3, 0.4) is 0 Å². The first-order chi connectivity index (χ1) is 10.7. The third-order valence-electron chi connectivity index (χ3n) is 4.55. The highest BCUT2D eigenvalue weighted by Crippen LogP contribution is 2.14. The summed E-state index contributed by atoms with van der Waals surface area (Å²) in [4.78, 5) is 14.3. The number of likely N-dealkylation sites (tertiary alicyclic amines) is 1.